The first-order valence-corrected chi connectivity index (χ1v) is 11.7. The first-order valence-electron chi connectivity index (χ1n) is 11.3. The molecule has 0 fully saturated rings. The first-order chi connectivity index (χ1) is 17.1. The molecule has 7 rings (SSSR count). The van der Waals surface area contributed by atoms with Crippen LogP contribution in [0.15, 0.2) is 60.8 Å². The van der Waals surface area contributed by atoms with Gasteiger partial charge in [0.1, 0.15) is 0 Å². The molecule has 0 saturated heterocycles. The van der Waals surface area contributed by atoms with E-state index in [2.05, 4.69) is 29.0 Å². The van der Waals surface area contributed by atoms with Crippen LogP contribution >= 0.6 is 11.6 Å². The van der Waals surface area contributed by atoms with Crippen LogP contribution in [0.4, 0.5) is 0 Å². The van der Waals surface area contributed by atoms with Gasteiger partial charge in [0.2, 0.25) is 12.3 Å². The molecule has 2 aliphatic heterocycles. The summed E-state index contributed by atoms with van der Waals surface area (Å²) in [6.07, 6.45) is 2.91. The Morgan fingerprint density at radius 3 is 2.60 bits per heavy atom. The number of fused-ring (bicyclic) bond motifs is 4. The van der Waals surface area contributed by atoms with E-state index in [0.29, 0.717) is 22.1 Å². The fourth-order valence-electron chi connectivity index (χ4n) is 5.24. The van der Waals surface area contributed by atoms with Gasteiger partial charge in [-0.3, -0.25) is 0 Å². The normalized spacial score (nSPS) is 13.7. The van der Waals surface area contributed by atoms with Crippen LogP contribution in [0.1, 0.15) is 15.9 Å². The minimum Gasteiger partial charge on any atom is -0.493 e. The zero-order chi connectivity index (χ0) is 23.7. The van der Waals surface area contributed by atoms with Gasteiger partial charge in [-0.25, -0.2) is 4.79 Å². The van der Waals surface area contributed by atoms with Crippen molar-refractivity contribution in [1.29, 1.82) is 0 Å². The molecule has 0 aliphatic carbocycles. The predicted molar refractivity (Wildman–Crippen MR) is 132 cm³/mol. The summed E-state index contributed by atoms with van der Waals surface area (Å²) in [5, 5.41) is 5.64. The number of ether oxygens (including phenoxy) is 4. The number of methoxy groups -OCH3 is 1. The van der Waals surface area contributed by atoms with Crippen molar-refractivity contribution in [2.75, 3.05) is 13.9 Å². The molecule has 0 atom stereocenters. The molecule has 0 unspecified atom stereocenters. The van der Waals surface area contributed by atoms with Crippen LogP contribution in [0.5, 0.6) is 23.0 Å². The van der Waals surface area contributed by atoms with E-state index in [1.165, 1.54) is 10.9 Å². The number of nitrogens with zero attached hydrogens (tertiary/aromatic N) is 1. The van der Waals surface area contributed by atoms with Gasteiger partial charge in [-0.05, 0) is 60.2 Å². The van der Waals surface area contributed by atoms with Gasteiger partial charge in [-0.2, -0.15) is 4.57 Å². The van der Waals surface area contributed by atoms with Crippen LogP contribution in [0.3, 0.4) is 0 Å². The third-order valence-corrected chi connectivity index (χ3v) is 7.08. The van der Waals surface area contributed by atoms with Crippen molar-refractivity contribution in [1.82, 2.24) is 0 Å². The molecule has 6 nitrogen and oxygen atoms in total. The van der Waals surface area contributed by atoms with Gasteiger partial charge in [0, 0.05) is 22.2 Å². The van der Waals surface area contributed by atoms with Gasteiger partial charge in [0.05, 0.1) is 28.8 Å². The number of rotatable bonds is 3. The van der Waals surface area contributed by atoms with E-state index in [4.69, 9.17) is 30.5 Å². The predicted octanol–water partition coefficient (Wildman–Crippen LogP) is 5.60. The van der Waals surface area contributed by atoms with Crippen LogP contribution in [0.2, 0.25) is 5.02 Å². The molecule has 7 heteroatoms. The number of aromatic nitrogens is 1. The highest BCUT2D eigenvalue weighted by Gasteiger charge is 2.30. The Labute approximate surface area is 205 Å². The lowest BCUT2D eigenvalue weighted by atomic mass is 9.93. The minimum absolute atomic E-state index is 0.242. The van der Waals surface area contributed by atoms with Crippen molar-refractivity contribution in [2.45, 2.75) is 13.0 Å². The third-order valence-electron chi connectivity index (χ3n) is 6.83. The summed E-state index contributed by atoms with van der Waals surface area (Å²) in [4.78, 5) is 13.0. The molecule has 0 N–H and O–H groups in total. The van der Waals surface area contributed by atoms with Gasteiger partial charge in [-0.1, -0.05) is 11.6 Å². The van der Waals surface area contributed by atoms with Crippen LogP contribution in [0, 0.1) is 0 Å². The average Bonchev–Trinajstić information content (AvgIpc) is 3.36. The summed E-state index contributed by atoms with van der Waals surface area (Å²) in [6.45, 7) is 1.03. The second kappa shape index (κ2) is 7.48. The van der Waals surface area contributed by atoms with Gasteiger partial charge >= 0.3 is 5.97 Å². The number of halogens is 1. The summed E-state index contributed by atoms with van der Waals surface area (Å²) < 4.78 is 25.2. The van der Waals surface area contributed by atoms with Crippen molar-refractivity contribution in [3.8, 4) is 23.0 Å². The molecule has 35 heavy (non-hydrogen) atoms. The van der Waals surface area contributed by atoms with Gasteiger partial charge in [-0.15, -0.1) is 0 Å². The second-order valence-corrected chi connectivity index (χ2v) is 9.12. The molecule has 1 aromatic heterocycles. The van der Waals surface area contributed by atoms with E-state index < -0.39 is 5.97 Å². The Bertz CT molecular complexity index is 1710. The summed E-state index contributed by atoms with van der Waals surface area (Å²) in [6, 6.07) is 16.8. The van der Waals surface area contributed by atoms with Crippen molar-refractivity contribution in [2.24, 2.45) is 0 Å². The molecule has 2 aliphatic rings. The Hall–Kier alpha value is -4.03. The highest BCUT2D eigenvalue weighted by molar-refractivity contribution is 6.30. The van der Waals surface area contributed by atoms with E-state index in [1.54, 1.807) is 31.4 Å². The molecule has 172 valence electrons. The number of carbonyl (C=O) groups excluding carboxylic acids is 1. The van der Waals surface area contributed by atoms with Crippen LogP contribution in [-0.4, -0.2) is 19.9 Å². The van der Waals surface area contributed by atoms with E-state index in [1.807, 2.05) is 12.1 Å². The Morgan fingerprint density at radius 1 is 0.971 bits per heavy atom. The van der Waals surface area contributed by atoms with E-state index in [-0.39, 0.29) is 6.79 Å². The number of carbonyl (C=O) groups is 1. The van der Waals surface area contributed by atoms with Crippen LogP contribution in [0.25, 0.3) is 32.4 Å². The van der Waals surface area contributed by atoms with Gasteiger partial charge in [0.15, 0.2) is 35.7 Å². The van der Waals surface area contributed by atoms with Crippen molar-refractivity contribution in [3.63, 3.8) is 0 Å². The molecule has 0 bridgehead atoms. The van der Waals surface area contributed by atoms with Gasteiger partial charge in [0.25, 0.3) is 0 Å². The van der Waals surface area contributed by atoms with Crippen molar-refractivity contribution in [3.05, 3.63) is 76.9 Å². The molecule has 0 spiro atoms. The van der Waals surface area contributed by atoms with Crippen molar-refractivity contribution < 1.29 is 28.3 Å². The maximum atomic E-state index is 13.0. The molecule has 0 radical (unpaired) electrons. The van der Waals surface area contributed by atoms with Crippen molar-refractivity contribution >= 4 is 50.0 Å². The quantitative estimate of drug-likeness (QED) is 0.144. The summed E-state index contributed by atoms with van der Waals surface area (Å²) >= 11 is 5.98. The summed E-state index contributed by atoms with van der Waals surface area (Å²) in [5.74, 6) is 2.02. The Balaban J connectivity index is 1.48. The fourth-order valence-corrected chi connectivity index (χ4v) is 5.36. The molecule has 4 aromatic carbocycles. The zero-order valence-corrected chi connectivity index (χ0v) is 19.5. The molecular formula is C28H19ClNO5+. The minimum atomic E-state index is -0.472. The standard InChI is InChI=1S/C28H19ClNO5/c1-32-22-9-8-18-19-6-7-20-24-16(12-23-26(20)34-14-33-23)10-11-30(25(19)24)13-21(18)27(22)35-28(31)15-2-4-17(29)5-3-15/h2-9,12-13H,10-11,14H2,1H3/q+1. The number of pyridine rings is 1. The molecule has 0 saturated carbocycles. The largest absolute Gasteiger partial charge is 0.493 e. The summed E-state index contributed by atoms with van der Waals surface area (Å²) in [5.41, 5.74) is 2.79. The first kappa shape index (κ1) is 20.4. The van der Waals surface area contributed by atoms with E-state index in [9.17, 15) is 4.79 Å². The maximum Gasteiger partial charge on any atom is 0.343 e. The van der Waals surface area contributed by atoms with Crippen LogP contribution < -0.4 is 23.5 Å². The number of hydrogen-bond acceptors (Lipinski definition) is 5. The SMILES string of the molecule is COc1ccc2c(c[n+]3c4c2ccc2c5c(cc(c24)CC3)OCO5)c1OC(=O)c1ccc(Cl)cc1. The smallest absolute Gasteiger partial charge is 0.343 e. The maximum absolute atomic E-state index is 13.0. The van der Waals surface area contributed by atoms with E-state index in [0.717, 1.165) is 51.5 Å². The zero-order valence-electron chi connectivity index (χ0n) is 18.8. The van der Waals surface area contributed by atoms with Crippen LogP contribution in [-0.2, 0) is 13.0 Å². The molecule has 3 heterocycles. The van der Waals surface area contributed by atoms with E-state index >= 15 is 0 Å². The fraction of sp³-hybridized carbons (Fsp3) is 0.143. The number of aryl methyl sites for hydroxylation is 2. The lowest BCUT2D eigenvalue weighted by molar-refractivity contribution is -0.670. The lowest BCUT2D eigenvalue weighted by Gasteiger charge is -2.18. The topological polar surface area (TPSA) is 57.9 Å². The summed E-state index contributed by atoms with van der Waals surface area (Å²) in [7, 11) is 1.57. The lowest BCUT2D eigenvalue weighted by Crippen LogP contribution is -2.38. The number of hydrogen-bond donors (Lipinski definition) is 0. The highest BCUT2D eigenvalue weighted by atomic mass is 35.5. The second-order valence-electron chi connectivity index (χ2n) is 8.68. The van der Waals surface area contributed by atoms with Gasteiger partial charge < -0.3 is 18.9 Å². The number of benzene rings is 4. The average molecular weight is 485 g/mol. The number of esters is 1. The third kappa shape index (κ3) is 2.96. The molecular weight excluding hydrogens is 466 g/mol. The molecule has 5 aromatic rings. The highest BCUT2D eigenvalue weighted by Crippen LogP contribution is 2.46. The Morgan fingerprint density at radius 2 is 1.77 bits per heavy atom. The Kier molecular flexibility index (Phi) is 4.35. The monoisotopic (exact) mass is 484 g/mol. The molecule has 0 amide bonds.